The smallest absolute Gasteiger partial charge is 0.255 e. The molecule has 0 radical (unpaired) electrons. The SMILES string of the molecule is CCc1nc(SC)[nH]c(=O)c1Cc1ccc(OCC(C)C)cc1. The van der Waals surface area contributed by atoms with Crippen LogP contribution in [0.3, 0.4) is 0 Å². The van der Waals surface area contributed by atoms with Crippen molar-refractivity contribution >= 4 is 11.8 Å². The highest BCUT2D eigenvalue weighted by atomic mass is 32.2. The number of benzene rings is 1. The molecule has 1 N–H and O–H groups in total. The van der Waals surface area contributed by atoms with Crippen LogP contribution in [0.15, 0.2) is 34.2 Å². The third kappa shape index (κ3) is 4.86. The lowest BCUT2D eigenvalue weighted by molar-refractivity contribution is 0.271. The largest absolute Gasteiger partial charge is 0.493 e. The molecule has 1 aromatic carbocycles. The van der Waals surface area contributed by atoms with Gasteiger partial charge in [0.05, 0.1) is 12.3 Å². The summed E-state index contributed by atoms with van der Waals surface area (Å²) in [5, 5.41) is 0.674. The maximum atomic E-state index is 12.3. The van der Waals surface area contributed by atoms with Crippen LogP contribution < -0.4 is 10.3 Å². The lowest BCUT2D eigenvalue weighted by Gasteiger charge is -2.10. The van der Waals surface area contributed by atoms with Gasteiger partial charge in [-0.2, -0.15) is 0 Å². The Labute approximate surface area is 141 Å². The molecule has 0 aliphatic carbocycles. The fourth-order valence-electron chi connectivity index (χ4n) is 2.26. The van der Waals surface area contributed by atoms with Crippen LogP contribution in [0.2, 0.25) is 0 Å². The zero-order chi connectivity index (χ0) is 16.8. The molecule has 0 saturated carbocycles. The summed E-state index contributed by atoms with van der Waals surface area (Å²) in [4.78, 5) is 19.6. The average Bonchev–Trinajstić information content (AvgIpc) is 2.55. The number of nitrogens with one attached hydrogen (secondary N) is 1. The quantitative estimate of drug-likeness (QED) is 0.621. The third-order valence-corrected chi connectivity index (χ3v) is 4.08. The van der Waals surface area contributed by atoms with Crippen LogP contribution in [-0.2, 0) is 12.8 Å². The van der Waals surface area contributed by atoms with E-state index in [1.165, 1.54) is 11.8 Å². The van der Waals surface area contributed by atoms with Gasteiger partial charge in [-0.25, -0.2) is 4.98 Å². The van der Waals surface area contributed by atoms with Crippen LogP contribution in [0.5, 0.6) is 5.75 Å². The molecule has 0 aliphatic heterocycles. The summed E-state index contributed by atoms with van der Waals surface area (Å²) in [6, 6.07) is 7.94. The zero-order valence-electron chi connectivity index (χ0n) is 14.2. The van der Waals surface area contributed by atoms with Crippen molar-refractivity contribution < 1.29 is 4.74 Å². The third-order valence-electron chi connectivity index (χ3n) is 3.50. The molecule has 124 valence electrons. The molecule has 5 heteroatoms. The first-order valence-corrected chi connectivity index (χ1v) is 9.13. The molecule has 4 nitrogen and oxygen atoms in total. The minimum Gasteiger partial charge on any atom is -0.493 e. The molecule has 1 aromatic heterocycles. The van der Waals surface area contributed by atoms with E-state index in [2.05, 4.69) is 23.8 Å². The monoisotopic (exact) mass is 332 g/mol. The number of hydrogen-bond acceptors (Lipinski definition) is 4. The van der Waals surface area contributed by atoms with E-state index in [9.17, 15) is 4.79 Å². The number of hydrogen-bond donors (Lipinski definition) is 1. The van der Waals surface area contributed by atoms with E-state index < -0.39 is 0 Å². The van der Waals surface area contributed by atoms with Gasteiger partial charge in [-0.05, 0) is 36.3 Å². The lowest BCUT2D eigenvalue weighted by Crippen LogP contribution is -2.18. The van der Waals surface area contributed by atoms with E-state index >= 15 is 0 Å². The van der Waals surface area contributed by atoms with Gasteiger partial charge < -0.3 is 9.72 Å². The average molecular weight is 332 g/mol. The summed E-state index contributed by atoms with van der Waals surface area (Å²) in [7, 11) is 0. The van der Waals surface area contributed by atoms with Crippen molar-refractivity contribution in [2.24, 2.45) is 5.92 Å². The van der Waals surface area contributed by atoms with Crippen LogP contribution in [-0.4, -0.2) is 22.8 Å². The summed E-state index contributed by atoms with van der Waals surface area (Å²) in [6.45, 7) is 6.98. The summed E-state index contributed by atoms with van der Waals surface area (Å²) >= 11 is 1.45. The molecule has 0 atom stereocenters. The molecular formula is C18H24N2O2S. The van der Waals surface area contributed by atoms with Crippen LogP contribution >= 0.6 is 11.8 Å². The lowest BCUT2D eigenvalue weighted by atomic mass is 10.0. The first kappa shape index (κ1) is 17.6. The van der Waals surface area contributed by atoms with Crippen molar-refractivity contribution in [3.05, 3.63) is 51.4 Å². The van der Waals surface area contributed by atoms with Gasteiger partial charge in [-0.3, -0.25) is 4.79 Å². The van der Waals surface area contributed by atoms with Crippen molar-refractivity contribution in [3.63, 3.8) is 0 Å². The van der Waals surface area contributed by atoms with Gasteiger partial charge >= 0.3 is 0 Å². The summed E-state index contributed by atoms with van der Waals surface area (Å²) in [5.74, 6) is 1.37. The zero-order valence-corrected chi connectivity index (χ0v) is 15.0. The van der Waals surface area contributed by atoms with Crippen molar-refractivity contribution in [2.75, 3.05) is 12.9 Å². The summed E-state index contributed by atoms with van der Waals surface area (Å²) in [5.41, 5.74) is 2.67. The normalized spacial score (nSPS) is 11.0. The van der Waals surface area contributed by atoms with Crippen LogP contribution in [0.4, 0.5) is 0 Å². The number of aryl methyl sites for hydroxylation is 1. The highest BCUT2D eigenvalue weighted by molar-refractivity contribution is 7.98. The molecule has 2 aromatic rings. The molecule has 1 heterocycles. The van der Waals surface area contributed by atoms with Crippen LogP contribution in [0.1, 0.15) is 37.6 Å². The van der Waals surface area contributed by atoms with Crippen molar-refractivity contribution in [1.82, 2.24) is 9.97 Å². The molecule has 0 unspecified atom stereocenters. The fourth-order valence-corrected chi connectivity index (χ4v) is 2.66. The number of rotatable bonds is 7. The Balaban J connectivity index is 2.17. The molecule has 2 rings (SSSR count). The number of nitrogens with zero attached hydrogens (tertiary/aromatic N) is 1. The summed E-state index contributed by atoms with van der Waals surface area (Å²) in [6.07, 6.45) is 3.25. The second-order valence-corrected chi connectivity index (χ2v) is 6.67. The first-order valence-electron chi connectivity index (χ1n) is 7.91. The Kier molecular flexibility index (Phi) is 6.28. The van der Waals surface area contributed by atoms with Crippen molar-refractivity contribution in [2.45, 2.75) is 38.8 Å². The number of H-pyrrole nitrogens is 1. The molecule has 23 heavy (non-hydrogen) atoms. The van der Waals surface area contributed by atoms with E-state index in [0.717, 1.165) is 29.0 Å². The van der Waals surface area contributed by atoms with Gasteiger partial charge in [-0.15, -0.1) is 0 Å². The first-order chi connectivity index (χ1) is 11.0. The van der Waals surface area contributed by atoms with E-state index in [1.54, 1.807) is 0 Å². The molecule has 0 bridgehead atoms. The number of aromatic nitrogens is 2. The number of aromatic amines is 1. The van der Waals surface area contributed by atoms with Crippen LogP contribution in [0.25, 0.3) is 0 Å². The van der Waals surface area contributed by atoms with E-state index in [-0.39, 0.29) is 5.56 Å². The molecular weight excluding hydrogens is 308 g/mol. The highest BCUT2D eigenvalue weighted by Gasteiger charge is 2.11. The Morgan fingerprint density at radius 2 is 1.96 bits per heavy atom. The van der Waals surface area contributed by atoms with Gasteiger partial charge in [0.15, 0.2) is 5.16 Å². The maximum Gasteiger partial charge on any atom is 0.255 e. The molecule has 0 saturated heterocycles. The predicted molar refractivity (Wildman–Crippen MR) is 95.6 cm³/mol. The number of ether oxygens (including phenoxy) is 1. The second kappa shape index (κ2) is 8.20. The highest BCUT2D eigenvalue weighted by Crippen LogP contribution is 2.17. The molecule has 0 fully saturated rings. The van der Waals surface area contributed by atoms with E-state index in [4.69, 9.17) is 4.74 Å². The fraction of sp³-hybridized carbons (Fsp3) is 0.444. The Morgan fingerprint density at radius 1 is 1.26 bits per heavy atom. The van der Waals surface area contributed by atoms with Gasteiger partial charge in [0.2, 0.25) is 0 Å². The molecule has 0 aliphatic rings. The van der Waals surface area contributed by atoms with Gasteiger partial charge in [-0.1, -0.05) is 44.7 Å². The Hall–Kier alpha value is -1.75. The molecule has 0 amide bonds. The van der Waals surface area contributed by atoms with Gasteiger partial charge in [0.25, 0.3) is 5.56 Å². The minimum atomic E-state index is -0.0404. The summed E-state index contributed by atoms with van der Waals surface area (Å²) < 4.78 is 5.69. The predicted octanol–water partition coefficient (Wildman–Crippen LogP) is 3.68. The van der Waals surface area contributed by atoms with E-state index in [0.29, 0.717) is 24.1 Å². The van der Waals surface area contributed by atoms with Gasteiger partial charge in [0, 0.05) is 12.0 Å². The van der Waals surface area contributed by atoms with Crippen molar-refractivity contribution in [1.29, 1.82) is 0 Å². The van der Waals surface area contributed by atoms with Gasteiger partial charge in [0.1, 0.15) is 5.75 Å². The van der Waals surface area contributed by atoms with Crippen LogP contribution in [0, 0.1) is 5.92 Å². The number of thioether (sulfide) groups is 1. The standard InChI is InChI=1S/C18H24N2O2S/c1-5-16-15(17(21)20-18(19-16)23-4)10-13-6-8-14(9-7-13)22-11-12(2)3/h6-9,12H,5,10-11H2,1-4H3,(H,19,20,21). The second-order valence-electron chi connectivity index (χ2n) is 5.88. The minimum absolute atomic E-state index is 0.0404. The van der Waals surface area contributed by atoms with Crippen molar-refractivity contribution in [3.8, 4) is 5.75 Å². The molecule has 0 spiro atoms. The Morgan fingerprint density at radius 3 is 2.52 bits per heavy atom. The van der Waals surface area contributed by atoms with E-state index in [1.807, 2.05) is 37.4 Å². The topological polar surface area (TPSA) is 55.0 Å². The maximum absolute atomic E-state index is 12.3. The Bertz CT molecular complexity index is 693.